The Hall–Kier alpha value is -3.03. The Kier molecular flexibility index (Phi) is 4.70. The predicted octanol–water partition coefficient (Wildman–Crippen LogP) is 2.15. The summed E-state index contributed by atoms with van der Waals surface area (Å²) in [4.78, 5) is 22.8. The van der Waals surface area contributed by atoms with Gasteiger partial charge in [0.05, 0.1) is 12.1 Å². The molecule has 1 aliphatic heterocycles. The summed E-state index contributed by atoms with van der Waals surface area (Å²) in [5.74, 6) is 0.319. The molecule has 0 radical (unpaired) electrons. The Morgan fingerprint density at radius 2 is 2.07 bits per heavy atom. The van der Waals surface area contributed by atoms with Crippen molar-refractivity contribution in [1.29, 1.82) is 0 Å². The molecule has 0 aliphatic carbocycles. The van der Waals surface area contributed by atoms with Gasteiger partial charge in [-0.25, -0.2) is 9.97 Å². The number of carbonyl (C=O) groups is 1. The summed E-state index contributed by atoms with van der Waals surface area (Å²) < 4.78 is 5.58. The third-order valence-corrected chi connectivity index (χ3v) is 4.69. The Labute approximate surface area is 157 Å². The minimum Gasteiger partial charge on any atom is -0.383 e. The zero-order chi connectivity index (χ0) is 18.8. The standard InChI is InChI=1S/C20H21N5O2/c1-25-7-8-27-18(11-25)20(26)24-15-4-2-3-13(9-15)14-5-6-17-16(10-14)19(21)23-12-22-17/h2-6,9-10,12,18H,7-8,11H2,1H3,(H,24,26)(H2,21,22,23). The topological polar surface area (TPSA) is 93.4 Å². The van der Waals surface area contributed by atoms with Crippen LogP contribution in [0.5, 0.6) is 0 Å². The van der Waals surface area contributed by atoms with Gasteiger partial charge in [-0.2, -0.15) is 0 Å². The molecule has 138 valence electrons. The maximum Gasteiger partial charge on any atom is 0.254 e. The lowest BCUT2D eigenvalue weighted by molar-refractivity contribution is -0.132. The molecule has 1 aromatic heterocycles. The van der Waals surface area contributed by atoms with Crippen molar-refractivity contribution in [2.45, 2.75) is 6.10 Å². The number of morpholine rings is 1. The van der Waals surface area contributed by atoms with Crippen molar-refractivity contribution in [2.75, 3.05) is 37.8 Å². The quantitative estimate of drug-likeness (QED) is 0.741. The molecular formula is C20H21N5O2. The fraction of sp³-hybridized carbons (Fsp3) is 0.250. The molecular weight excluding hydrogens is 342 g/mol. The van der Waals surface area contributed by atoms with Crippen molar-refractivity contribution in [2.24, 2.45) is 0 Å². The normalized spacial score (nSPS) is 17.7. The van der Waals surface area contributed by atoms with Gasteiger partial charge in [-0.3, -0.25) is 4.79 Å². The first-order valence-electron chi connectivity index (χ1n) is 8.82. The van der Waals surface area contributed by atoms with Crippen LogP contribution >= 0.6 is 0 Å². The van der Waals surface area contributed by atoms with Crippen LogP contribution < -0.4 is 11.1 Å². The van der Waals surface area contributed by atoms with Gasteiger partial charge < -0.3 is 20.7 Å². The average molecular weight is 363 g/mol. The van der Waals surface area contributed by atoms with Gasteiger partial charge in [0.15, 0.2) is 0 Å². The molecule has 3 aromatic rings. The number of hydrogen-bond donors (Lipinski definition) is 2. The summed E-state index contributed by atoms with van der Waals surface area (Å²) in [5, 5.41) is 3.76. The predicted molar refractivity (Wildman–Crippen MR) is 105 cm³/mol. The lowest BCUT2D eigenvalue weighted by Crippen LogP contribution is -2.46. The second-order valence-corrected chi connectivity index (χ2v) is 6.68. The fourth-order valence-corrected chi connectivity index (χ4v) is 3.19. The Morgan fingerprint density at radius 1 is 1.22 bits per heavy atom. The number of nitrogens with zero attached hydrogens (tertiary/aromatic N) is 3. The lowest BCUT2D eigenvalue weighted by atomic mass is 10.0. The van der Waals surface area contributed by atoms with Crippen molar-refractivity contribution in [1.82, 2.24) is 14.9 Å². The Morgan fingerprint density at radius 3 is 2.93 bits per heavy atom. The molecule has 1 saturated heterocycles. The van der Waals surface area contributed by atoms with Crippen molar-refractivity contribution in [3.8, 4) is 11.1 Å². The monoisotopic (exact) mass is 363 g/mol. The molecule has 7 nitrogen and oxygen atoms in total. The van der Waals surface area contributed by atoms with Crippen LogP contribution in [0.25, 0.3) is 22.0 Å². The van der Waals surface area contributed by atoms with E-state index in [2.05, 4.69) is 20.2 Å². The van der Waals surface area contributed by atoms with E-state index >= 15 is 0 Å². The van der Waals surface area contributed by atoms with Crippen LogP contribution in [0, 0.1) is 0 Å². The molecule has 4 rings (SSSR count). The highest BCUT2D eigenvalue weighted by atomic mass is 16.5. The van der Waals surface area contributed by atoms with E-state index in [1.807, 2.05) is 49.5 Å². The minimum absolute atomic E-state index is 0.130. The summed E-state index contributed by atoms with van der Waals surface area (Å²) in [6, 6.07) is 13.6. The van der Waals surface area contributed by atoms with Crippen molar-refractivity contribution in [3.63, 3.8) is 0 Å². The van der Waals surface area contributed by atoms with Gasteiger partial charge in [0, 0.05) is 24.2 Å². The molecule has 2 heterocycles. The zero-order valence-corrected chi connectivity index (χ0v) is 15.1. The van der Waals surface area contributed by atoms with Gasteiger partial charge in [-0.1, -0.05) is 18.2 Å². The first-order chi connectivity index (χ1) is 13.1. The van der Waals surface area contributed by atoms with E-state index in [9.17, 15) is 4.79 Å². The number of aromatic nitrogens is 2. The number of nitrogens with one attached hydrogen (secondary N) is 1. The largest absolute Gasteiger partial charge is 0.383 e. The van der Waals surface area contributed by atoms with Gasteiger partial charge >= 0.3 is 0 Å². The summed E-state index contributed by atoms with van der Waals surface area (Å²) in [5.41, 5.74) is 9.45. The van der Waals surface area contributed by atoms with Gasteiger partial charge in [-0.05, 0) is 42.4 Å². The average Bonchev–Trinajstić information content (AvgIpc) is 2.68. The first-order valence-corrected chi connectivity index (χ1v) is 8.82. The first kappa shape index (κ1) is 17.4. The maximum absolute atomic E-state index is 12.5. The van der Waals surface area contributed by atoms with Crippen molar-refractivity contribution in [3.05, 3.63) is 48.8 Å². The number of fused-ring (bicyclic) bond motifs is 1. The Bertz CT molecular complexity index is 991. The number of hydrogen-bond acceptors (Lipinski definition) is 6. The van der Waals surface area contributed by atoms with E-state index in [0.717, 1.165) is 34.3 Å². The van der Waals surface area contributed by atoms with Gasteiger partial charge in [0.2, 0.25) is 0 Å². The number of benzene rings is 2. The smallest absolute Gasteiger partial charge is 0.254 e. The molecule has 2 aromatic carbocycles. The van der Waals surface area contributed by atoms with Crippen LogP contribution in [0.15, 0.2) is 48.8 Å². The minimum atomic E-state index is -0.454. The maximum atomic E-state index is 12.5. The summed E-state index contributed by atoms with van der Waals surface area (Å²) in [6.45, 7) is 2.00. The molecule has 0 spiro atoms. The summed E-state index contributed by atoms with van der Waals surface area (Å²) in [7, 11) is 1.98. The number of likely N-dealkylation sites (N-methyl/N-ethyl adjacent to an activating group) is 1. The van der Waals surface area contributed by atoms with Gasteiger partial charge in [0.1, 0.15) is 18.2 Å². The molecule has 1 atom stereocenters. The number of amides is 1. The van der Waals surface area contributed by atoms with Crippen molar-refractivity contribution < 1.29 is 9.53 Å². The number of anilines is 2. The van der Waals surface area contributed by atoms with E-state index in [1.165, 1.54) is 6.33 Å². The van der Waals surface area contributed by atoms with Crippen LogP contribution in [-0.4, -0.2) is 53.6 Å². The lowest BCUT2D eigenvalue weighted by Gasteiger charge is -2.29. The number of carbonyl (C=O) groups excluding carboxylic acids is 1. The van der Waals surface area contributed by atoms with Crippen LogP contribution in [0.2, 0.25) is 0 Å². The van der Waals surface area contributed by atoms with Crippen LogP contribution in [0.4, 0.5) is 11.5 Å². The molecule has 0 bridgehead atoms. The highest BCUT2D eigenvalue weighted by molar-refractivity contribution is 5.96. The van der Waals surface area contributed by atoms with E-state index in [4.69, 9.17) is 10.5 Å². The van der Waals surface area contributed by atoms with E-state index < -0.39 is 6.10 Å². The molecule has 3 N–H and O–H groups in total. The highest BCUT2D eigenvalue weighted by Crippen LogP contribution is 2.27. The molecule has 7 heteroatoms. The van der Waals surface area contributed by atoms with Crippen LogP contribution in [0.1, 0.15) is 0 Å². The number of nitrogen functional groups attached to an aromatic ring is 1. The molecule has 27 heavy (non-hydrogen) atoms. The zero-order valence-electron chi connectivity index (χ0n) is 15.1. The van der Waals surface area contributed by atoms with Crippen molar-refractivity contribution >= 4 is 28.3 Å². The number of nitrogens with two attached hydrogens (primary N) is 1. The highest BCUT2D eigenvalue weighted by Gasteiger charge is 2.24. The fourth-order valence-electron chi connectivity index (χ4n) is 3.19. The second kappa shape index (κ2) is 7.30. The molecule has 1 aliphatic rings. The molecule has 0 saturated carbocycles. The van der Waals surface area contributed by atoms with Gasteiger partial charge in [0.25, 0.3) is 5.91 Å². The molecule has 1 unspecified atom stereocenters. The second-order valence-electron chi connectivity index (χ2n) is 6.68. The van der Waals surface area contributed by atoms with Crippen LogP contribution in [-0.2, 0) is 9.53 Å². The summed E-state index contributed by atoms with van der Waals surface area (Å²) >= 11 is 0. The molecule has 1 amide bonds. The SMILES string of the molecule is CN1CCOC(C(=O)Nc2cccc(-c3ccc4ncnc(N)c4c3)c2)C1. The van der Waals surface area contributed by atoms with E-state index in [-0.39, 0.29) is 5.91 Å². The number of rotatable bonds is 3. The van der Waals surface area contributed by atoms with Crippen LogP contribution in [0.3, 0.4) is 0 Å². The number of ether oxygens (including phenoxy) is 1. The van der Waals surface area contributed by atoms with E-state index in [1.54, 1.807) is 0 Å². The van der Waals surface area contributed by atoms with Gasteiger partial charge in [-0.15, -0.1) is 0 Å². The summed E-state index contributed by atoms with van der Waals surface area (Å²) in [6.07, 6.45) is 1.00. The Balaban J connectivity index is 1.57. The third kappa shape index (κ3) is 3.74. The third-order valence-electron chi connectivity index (χ3n) is 4.69. The molecule has 1 fully saturated rings. The van der Waals surface area contributed by atoms with E-state index in [0.29, 0.717) is 19.0 Å².